The van der Waals surface area contributed by atoms with Gasteiger partial charge in [0.15, 0.2) is 17.5 Å². The molecule has 0 spiro atoms. The monoisotopic (exact) mass is 519 g/mol. The van der Waals surface area contributed by atoms with Crippen molar-refractivity contribution in [3.05, 3.63) is 23.8 Å². The fourth-order valence-electron chi connectivity index (χ4n) is 3.23. The Balaban J connectivity index is 0.00000420. The van der Waals surface area contributed by atoms with Crippen LogP contribution in [0.2, 0.25) is 0 Å². The number of nitrogens with zero attached hydrogens (tertiary/aromatic N) is 3. The normalized spacial score (nSPS) is 15.5. The smallest absolute Gasteiger partial charge is 0.191 e. The van der Waals surface area contributed by atoms with Crippen LogP contribution in [0.5, 0.6) is 11.5 Å². The lowest BCUT2D eigenvalue weighted by Gasteiger charge is -2.32. The van der Waals surface area contributed by atoms with Gasteiger partial charge < -0.3 is 29.9 Å². The zero-order chi connectivity index (χ0) is 20.2. The highest BCUT2D eigenvalue weighted by atomic mass is 127. The Hall–Kier alpha value is -1.26. The summed E-state index contributed by atoms with van der Waals surface area (Å²) in [5.74, 6) is 2.33. The number of piperazine rings is 1. The maximum absolute atomic E-state index is 5.37. The molecule has 29 heavy (non-hydrogen) atoms. The van der Waals surface area contributed by atoms with Gasteiger partial charge in [0.05, 0.1) is 20.8 Å². The summed E-state index contributed by atoms with van der Waals surface area (Å²) in [7, 11) is 5.50. The summed E-state index contributed by atoms with van der Waals surface area (Å²) in [4.78, 5) is 9.66. The first kappa shape index (κ1) is 25.8. The highest BCUT2D eigenvalue weighted by Crippen LogP contribution is 2.27. The van der Waals surface area contributed by atoms with Gasteiger partial charge in [0.1, 0.15) is 0 Å². The Labute approximate surface area is 193 Å². The summed E-state index contributed by atoms with van der Waals surface area (Å²) in [6, 6.07) is 5.91. The molecule has 7 nitrogen and oxygen atoms in total. The minimum absolute atomic E-state index is 0. The minimum Gasteiger partial charge on any atom is -0.493 e. The van der Waals surface area contributed by atoms with Gasteiger partial charge in [-0.1, -0.05) is 6.07 Å². The summed E-state index contributed by atoms with van der Waals surface area (Å²) in [6.07, 6.45) is 2.36. The second kappa shape index (κ2) is 14.7. The maximum Gasteiger partial charge on any atom is 0.191 e. The number of hydrogen-bond donors (Lipinski definition) is 2. The molecule has 166 valence electrons. The molecule has 1 aromatic rings. The molecule has 0 aliphatic carbocycles. The standard InChI is InChI=1S/C21H37N5O2.HI/c1-5-22-21(23-10-6-7-11-26-14-12-25(2)13-15-26)24-17-18-8-9-19(27-3)20(16-18)28-4;/h8-9,16H,5-7,10-15,17H2,1-4H3,(H2,22,23,24);1H. The molecule has 2 N–H and O–H groups in total. The Kier molecular flexibility index (Phi) is 13.0. The summed E-state index contributed by atoms with van der Waals surface area (Å²) >= 11 is 0. The third-order valence-electron chi connectivity index (χ3n) is 5.00. The highest BCUT2D eigenvalue weighted by Gasteiger charge is 2.12. The Bertz CT molecular complexity index is 607. The third-order valence-corrected chi connectivity index (χ3v) is 5.00. The fourth-order valence-corrected chi connectivity index (χ4v) is 3.23. The van der Waals surface area contributed by atoms with Gasteiger partial charge in [0, 0.05) is 39.3 Å². The van der Waals surface area contributed by atoms with Crippen molar-refractivity contribution in [3.63, 3.8) is 0 Å². The van der Waals surface area contributed by atoms with Crippen molar-refractivity contribution >= 4 is 29.9 Å². The van der Waals surface area contributed by atoms with Crippen LogP contribution < -0.4 is 20.1 Å². The molecule has 0 unspecified atom stereocenters. The van der Waals surface area contributed by atoms with E-state index in [0.717, 1.165) is 42.5 Å². The van der Waals surface area contributed by atoms with Gasteiger partial charge in [-0.05, 0) is 51.1 Å². The lowest BCUT2D eigenvalue weighted by Crippen LogP contribution is -2.44. The average Bonchev–Trinajstić information content (AvgIpc) is 2.72. The van der Waals surface area contributed by atoms with E-state index in [0.29, 0.717) is 6.54 Å². The molecule has 0 amide bonds. The molecule has 0 saturated carbocycles. The van der Waals surface area contributed by atoms with E-state index in [4.69, 9.17) is 14.5 Å². The van der Waals surface area contributed by atoms with Crippen molar-refractivity contribution < 1.29 is 9.47 Å². The molecule has 0 radical (unpaired) electrons. The second-order valence-corrected chi connectivity index (χ2v) is 7.16. The molecule has 0 atom stereocenters. The number of halogens is 1. The van der Waals surface area contributed by atoms with Crippen molar-refractivity contribution in [1.29, 1.82) is 0 Å². The molecule has 1 aromatic carbocycles. The minimum atomic E-state index is 0. The first-order chi connectivity index (χ1) is 13.7. The van der Waals surface area contributed by atoms with E-state index >= 15 is 0 Å². The topological polar surface area (TPSA) is 61.4 Å². The summed E-state index contributed by atoms with van der Waals surface area (Å²) < 4.78 is 10.7. The molecular formula is C21H38IN5O2. The zero-order valence-corrected chi connectivity index (χ0v) is 20.7. The molecule has 1 aliphatic heterocycles. The van der Waals surface area contributed by atoms with Crippen molar-refractivity contribution in [1.82, 2.24) is 20.4 Å². The summed E-state index contributed by atoms with van der Waals surface area (Å²) in [6.45, 7) is 10.4. The highest BCUT2D eigenvalue weighted by molar-refractivity contribution is 14.0. The second-order valence-electron chi connectivity index (χ2n) is 7.16. The van der Waals surface area contributed by atoms with Crippen LogP contribution >= 0.6 is 24.0 Å². The quantitative estimate of drug-likeness (QED) is 0.214. The average molecular weight is 519 g/mol. The number of guanidine groups is 1. The van der Waals surface area contributed by atoms with Crippen LogP contribution in [0.25, 0.3) is 0 Å². The zero-order valence-electron chi connectivity index (χ0n) is 18.4. The van der Waals surface area contributed by atoms with Crippen LogP contribution in [0.4, 0.5) is 0 Å². The van der Waals surface area contributed by atoms with E-state index in [1.54, 1.807) is 14.2 Å². The predicted octanol–water partition coefficient (Wildman–Crippen LogP) is 2.40. The Morgan fingerprint density at radius 3 is 2.41 bits per heavy atom. The van der Waals surface area contributed by atoms with Crippen LogP contribution in [0, 0.1) is 0 Å². The first-order valence-corrected chi connectivity index (χ1v) is 10.3. The van der Waals surface area contributed by atoms with Crippen molar-refractivity contribution in [2.24, 2.45) is 4.99 Å². The van der Waals surface area contributed by atoms with E-state index in [2.05, 4.69) is 34.4 Å². The Morgan fingerprint density at radius 1 is 1.03 bits per heavy atom. The van der Waals surface area contributed by atoms with Crippen LogP contribution in [-0.2, 0) is 6.54 Å². The molecule has 1 heterocycles. The van der Waals surface area contributed by atoms with Gasteiger partial charge in [-0.15, -0.1) is 24.0 Å². The Morgan fingerprint density at radius 2 is 1.76 bits per heavy atom. The molecule has 1 fully saturated rings. The lowest BCUT2D eigenvalue weighted by atomic mass is 10.2. The largest absolute Gasteiger partial charge is 0.493 e. The van der Waals surface area contributed by atoms with Crippen molar-refractivity contribution in [3.8, 4) is 11.5 Å². The van der Waals surface area contributed by atoms with Crippen molar-refractivity contribution in [2.45, 2.75) is 26.3 Å². The van der Waals surface area contributed by atoms with Gasteiger partial charge in [-0.3, -0.25) is 0 Å². The van der Waals surface area contributed by atoms with Crippen LogP contribution in [-0.4, -0.2) is 82.8 Å². The predicted molar refractivity (Wildman–Crippen MR) is 131 cm³/mol. The third kappa shape index (κ3) is 9.39. The fraction of sp³-hybridized carbons (Fsp3) is 0.667. The number of rotatable bonds is 10. The molecule has 2 rings (SSSR count). The van der Waals surface area contributed by atoms with E-state index < -0.39 is 0 Å². The van der Waals surface area contributed by atoms with Gasteiger partial charge in [0.25, 0.3) is 0 Å². The van der Waals surface area contributed by atoms with E-state index in [1.165, 1.54) is 39.1 Å². The van der Waals surface area contributed by atoms with Crippen LogP contribution in [0.3, 0.4) is 0 Å². The number of hydrogen-bond acceptors (Lipinski definition) is 5. The molecule has 0 aromatic heterocycles. The number of benzene rings is 1. The molecule has 1 saturated heterocycles. The van der Waals surface area contributed by atoms with Crippen molar-refractivity contribution in [2.75, 3.05) is 67.1 Å². The first-order valence-electron chi connectivity index (χ1n) is 10.3. The van der Waals surface area contributed by atoms with E-state index in [-0.39, 0.29) is 24.0 Å². The number of ether oxygens (including phenoxy) is 2. The summed E-state index contributed by atoms with van der Waals surface area (Å²) in [5, 5.41) is 6.76. The van der Waals surface area contributed by atoms with Crippen LogP contribution in [0.1, 0.15) is 25.3 Å². The van der Waals surface area contributed by atoms with Crippen LogP contribution in [0.15, 0.2) is 23.2 Å². The molecule has 0 bridgehead atoms. The van der Waals surface area contributed by atoms with E-state index in [1.807, 2.05) is 18.2 Å². The van der Waals surface area contributed by atoms with Gasteiger partial charge in [0.2, 0.25) is 0 Å². The number of aliphatic imine (C=N–C) groups is 1. The SMILES string of the molecule is CCNC(=NCc1ccc(OC)c(OC)c1)NCCCCN1CCN(C)CC1.I. The van der Waals surface area contributed by atoms with Gasteiger partial charge >= 0.3 is 0 Å². The van der Waals surface area contributed by atoms with Gasteiger partial charge in [-0.2, -0.15) is 0 Å². The maximum atomic E-state index is 5.37. The summed E-state index contributed by atoms with van der Waals surface area (Å²) in [5.41, 5.74) is 1.09. The molecule has 8 heteroatoms. The van der Waals surface area contributed by atoms with Gasteiger partial charge in [-0.25, -0.2) is 4.99 Å². The number of methoxy groups -OCH3 is 2. The number of likely N-dealkylation sites (N-methyl/N-ethyl adjacent to an activating group) is 1. The molecule has 1 aliphatic rings. The van der Waals surface area contributed by atoms with E-state index in [9.17, 15) is 0 Å². The lowest BCUT2D eigenvalue weighted by molar-refractivity contribution is 0.152. The molecular weight excluding hydrogens is 481 g/mol. The number of nitrogens with one attached hydrogen (secondary N) is 2. The number of unbranched alkanes of at least 4 members (excludes halogenated alkanes) is 1.